The van der Waals surface area contributed by atoms with Crippen molar-refractivity contribution in [3.8, 4) is 0 Å². The van der Waals surface area contributed by atoms with Crippen LogP contribution in [0, 0.1) is 0 Å². The molecule has 2 aromatic rings. The van der Waals surface area contributed by atoms with E-state index in [2.05, 4.69) is 40.4 Å². The summed E-state index contributed by atoms with van der Waals surface area (Å²) >= 11 is 3.41. The molecule has 4 heteroatoms. The molecule has 116 valence electrons. The molecule has 0 aliphatic rings. The Bertz CT molecular complexity index is 638. The molecule has 1 unspecified atom stereocenters. The Hall–Kier alpha value is -1.81. The number of para-hydroxylation sites is 1. The van der Waals surface area contributed by atoms with Crippen molar-refractivity contribution in [3.63, 3.8) is 0 Å². The first-order chi connectivity index (χ1) is 10.5. The van der Waals surface area contributed by atoms with Crippen molar-refractivity contribution in [2.24, 2.45) is 0 Å². The van der Waals surface area contributed by atoms with E-state index in [1.165, 1.54) is 0 Å². The van der Waals surface area contributed by atoms with Crippen LogP contribution < -0.4 is 10.6 Å². The van der Waals surface area contributed by atoms with Gasteiger partial charge in [0.1, 0.15) is 0 Å². The lowest BCUT2D eigenvalue weighted by Gasteiger charge is -2.17. The Morgan fingerprint density at radius 3 is 2.27 bits per heavy atom. The molecule has 0 spiro atoms. The Balaban J connectivity index is 2.02. The standard InChI is InChI=1S/C18H21BrN2O/c1-12(2)16-6-4-5-7-17(16)21-18(22)20-13(3)14-8-10-15(19)11-9-14/h4-13H,1-3H3,(H2,20,21,22). The molecule has 0 bridgehead atoms. The summed E-state index contributed by atoms with van der Waals surface area (Å²) in [5, 5.41) is 5.91. The van der Waals surface area contributed by atoms with Gasteiger partial charge in [0.2, 0.25) is 0 Å². The van der Waals surface area contributed by atoms with Crippen molar-refractivity contribution in [2.75, 3.05) is 5.32 Å². The van der Waals surface area contributed by atoms with Gasteiger partial charge in [0, 0.05) is 10.2 Å². The van der Waals surface area contributed by atoms with Crippen molar-refractivity contribution < 1.29 is 4.79 Å². The summed E-state index contributed by atoms with van der Waals surface area (Å²) < 4.78 is 1.03. The average Bonchev–Trinajstić information content (AvgIpc) is 2.48. The van der Waals surface area contributed by atoms with Crippen LogP contribution in [0.5, 0.6) is 0 Å². The van der Waals surface area contributed by atoms with Crippen molar-refractivity contribution in [1.29, 1.82) is 0 Å². The van der Waals surface area contributed by atoms with Crippen LogP contribution in [-0.4, -0.2) is 6.03 Å². The number of amides is 2. The number of hydrogen-bond acceptors (Lipinski definition) is 1. The van der Waals surface area contributed by atoms with E-state index in [1.54, 1.807) is 0 Å². The zero-order valence-electron chi connectivity index (χ0n) is 13.1. The van der Waals surface area contributed by atoms with E-state index in [-0.39, 0.29) is 12.1 Å². The molecule has 2 amide bonds. The van der Waals surface area contributed by atoms with E-state index in [4.69, 9.17) is 0 Å². The highest BCUT2D eigenvalue weighted by atomic mass is 79.9. The third-order valence-corrected chi connectivity index (χ3v) is 4.08. The van der Waals surface area contributed by atoms with E-state index in [0.717, 1.165) is 21.3 Å². The van der Waals surface area contributed by atoms with Gasteiger partial charge in [-0.2, -0.15) is 0 Å². The molecule has 0 aliphatic carbocycles. The van der Waals surface area contributed by atoms with Gasteiger partial charge in [-0.05, 0) is 42.2 Å². The minimum absolute atomic E-state index is 0.0562. The summed E-state index contributed by atoms with van der Waals surface area (Å²) in [6, 6.07) is 15.6. The number of anilines is 1. The average molecular weight is 361 g/mol. The normalized spacial score (nSPS) is 12.0. The molecule has 0 heterocycles. The summed E-state index contributed by atoms with van der Waals surface area (Å²) in [6.07, 6.45) is 0. The molecule has 2 rings (SSSR count). The largest absolute Gasteiger partial charge is 0.331 e. The highest BCUT2D eigenvalue weighted by Gasteiger charge is 2.12. The summed E-state index contributed by atoms with van der Waals surface area (Å²) in [4.78, 5) is 12.2. The number of rotatable bonds is 4. The Morgan fingerprint density at radius 2 is 1.64 bits per heavy atom. The van der Waals surface area contributed by atoms with Crippen LogP contribution in [0.4, 0.5) is 10.5 Å². The van der Waals surface area contributed by atoms with Crippen LogP contribution in [0.2, 0.25) is 0 Å². The molecule has 2 N–H and O–H groups in total. The van der Waals surface area contributed by atoms with E-state index in [9.17, 15) is 4.79 Å². The number of benzene rings is 2. The highest BCUT2D eigenvalue weighted by molar-refractivity contribution is 9.10. The Labute approximate surface area is 140 Å². The SMILES string of the molecule is CC(C)c1ccccc1NC(=O)NC(C)c1ccc(Br)cc1. The third-order valence-electron chi connectivity index (χ3n) is 3.55. The zero-order chi connectivity index (χ0) is 16.1. The van der Waals surface area contributed by atoms with Gasteiger partial charge in [-0.25, -0.2) is 4.79 Å². The molecule has 0 saturated heterocycles. The molecule has 3 nitrogen and oxygen atoms in total. The van der Waals surface area contributed by atoms with Gasteiger partial charge in [0.05, 0.1) is 6.04 Å². The van der Waals surface area contributed by atoms with Crippen molar-refractivity contribution in [2.45, 2.75) is 32.7 Å². The second-order valence-corrected chi connectivity index (χ2v) is 6.53. The summed E-state index contributed by atoms with van der Waals surface area (Å²) in [7, 11) is 0. The van der Waals surface area contributed by atoms with Crippen LogP contribution in [0.3, 0.4) is 0 Å². The second-order valence-electron chi connectivity index (χ2n) is 5.61. The van der Waals surface area contributed by atoms with Gasteiger partial charge >= 0.3 is 6.03 Å². The van der Waals surface area contributed by atoms with Crippen molar-refractivity contribution in [3.05, 3.63) is 64.1 Å². The smallest absolute Gasteiger partial charge is 0.319 e. The minimum atomic E-state index is -0.191. The van der Waals surface area contributed by atoms with Crippen LogP contribution in [0.15, 0.2) is 53.0 Å². The predicted octanol–water partition coefficient (Wildman–Crippen LogP) is 5.46. The molecule has 0 saturated carbocycles. The minimum Gasteiger partial charge on any atom is -0.331 e. The maximum atomic E-state index is 12.2. The summed E-state index contributed by atoms with van der Waals surface area (Å²) in [5.74, 6) is 0.361. The van der Waals surface area contributed by atoms with Crippen LogP contribution in [-0.2, 0) is 0 Å². The van der Waals surface area contributed by atoms with E-state index < -0.39 is 0 Å². The quantitative estimate of drug-likeness (QED) is 0.746. The Kier molecular flexibility index (Phi) is 5.61. The van der Waals surface area contributed by atoms with Crippen molar-refractivity contribution in [1.82, 2.24) is 5.32 Å². The number of halogens is 1. The molecule has 0 radical (unpaired) electrons. The molecule has 0 aromatic heterocycles. The molecule has 0 fully saturated rings. The number of hydrogen-bond donors (Lipinski definition) is 2. The summed E-state index contributed by atoms with van der Waals surface area (Å²) in [6.45, 7) is 6.20. The van der Waals surface area contributed by atoms with Crippen molar-refractivity contribution >= 4 is 27.6 Å². The van der Waals surface area contributed by atoms with Gasteiger partial charge in [0.15, 0.2) is 0 Å². The van der Waals surface area contributed by atoms with Gasteiger partial charge in [-0.15, -0.1) is 0 Å². The Morgan fingerprint density at radius 1 is 1.00 bits per heavy atom. The highest BCUT2D eigenvalue weighted by Crippen LogP contribution is 2.24. The molecular formula is C18H21BrN2O. The summed E-state index contributed by atoms with van der Waals surface area (Å²) in [5.41, 5.74) is 3.06. The molecular weight excluding hydrogens is 340 g/mol. The molecule has 2 aromatic carbocycles. The monoisotopic (exact) mass is 360 g/mol. The second kappa shape index (κ2) is 7.45. The van der Waals surface area contributed by atoms with E-state index >= 15 is 0 Å². The maximum Gasteiger partial charge on any atom is 0.319 e. The predicted molar refractivity (Wildman–Crippen MR) is 95.2 cm³/mol. The topological polar surface area (TPSA) is 41.1 Å². The molecule has 1 atom stereocenters. The first kappa shape index (κ1) is 16.6. The first-order valence-electron chi connectivity index (χ1n) is 7.39. The molecule has 22 heavy (non-hydrogen) atoms. The van der Waals surface area contributed by atoms with Gasteiger partial charge in [-0.3, -0.25) is 0 Å². The lowest BCUT2D eigenvalue weighted by molar-refractivity contribution is 0.249. The number of urea groups is 1. The number of carbonyl (C=O) groups excluding carboxylic acids is 1. The van der Waals surface area contributed by atoms with E-state index in [1.807, 2.05) is 55.5 Å². The van der Waals surface area contributed by atoms with Crippen LogP contribution in [0.1, 0.15) is 43.9 Å². The fourth-order valence-electron chi connectivity index (χ4n) is 2.30. The van der Waals surface area contributed by atoms with E-state index in [0.29, 0.717) is 5.92 Å². The van der Waals surface area contributed by atoms with Crippen LogP contribution >= 0.6 is 15.9 Å². The number of carbonyl (C=O) groups is 1. The fraction of sp³-hybridized carbons (Fsp3) is 0.278. The van der Waals surface area contributed by atoms with Gasteiger partial charge in [-0.1, -0.05) is 60.1 Å². The molecule has 0 aliphatic heterocycles. The third kappa shape index (κ3) is 4.34. The number of nitrogens with one attached hydrogen (secondary N) is 2. The fourth-order valence-corrected chi connectivity index (χ4v) is 2.57. The lowest BCUT2D eigenvalue weighted by atomic mass is 10.0. The zero-order valence-corrected chi connectivity index (χ0v) is 14.6. The van der Waals surface area contributed by atoms with Gasteiger partial charge in [0.25, 0.3) is 0 Å². The lowest BCUT2D eigenvalue weighted by Crippen LogP contribution is -2.31. The maximum absolute atomic E-state index is 12.2. The first-order valence-corrected chi connectivity index (χ1v) is 8.18. The van der Waals surface area contributed by atoms with Gasteiger partial charge < -0.3 is 10.6 Å². The van der Waals surface area contributed by atoms with Crippen LogP contribution in [0.25, 0.3) is 0 Å².